The Balaban J connectivity index is 2.10. The molecule has 0 radical (unpaired) electrons. The average Bonchev–Trinajstić information content (AvgIpc) is 2.37. The molecule has 2 aromatic carbocycles. The van der Waals surface area contributed by atoms with E-state index in [0.29, 0.717) is 22.4 Å². The predicted molar refractivity (Wildman–Crippen MR) is 82.9 cm³/mol. The first-order valence-electron chi connectivity index (χ1n) is 5.84. The predicted octanol–water partition coefficient (Wildman–Crippen LogP) is 3.86. The van der Waals surface area contributed by atoms with Crippen LogP contribution in [0.3, 0.4) is 0 Å². The Morgan fingerprint density at radius 2 is 2.05 bits per heavy atom. The zero-order chi connectivity index (χ0) is 13.8. The van der Waals surface area contributed by atoms with Gasteiger partial charge in [0, 0.05) is 5.56 Å². The van der Waals surface area contributed by atoms with E-state index in [4.69, 9.17) is 34.3 Å². The molecule has 0 aliphatic carbocycles. The molecule has 2 N–H and O–H groups in total. The van der Waals surface area contributed by atoms with Crippen LogP contribution in [-0.4, -0.2) is 4.99 Å². The summed E-state index contributed by atoms with van der Waals surface area (Å²) in [7, 11) is 0. The maximum Gasteiger partial charge on any atom is 0.138 e. The average molecular weight is 292 g/mol. The number of hydrogen-bond acceptors (Lipinski definition) is 2. The Labute approximate surface area is 123 Å². The number of thiocarbonyl (C=S) groups is 1. The van der Waals surface area contributed by atoms with Gasteiger partial charge in [-0.1, -0.05) is 53.6 Å². The van der Waals surface area contributed by atoms with E-state index in [1.54, 1.807) is 18.2 Å². The highest BCUT2D eigenvalue weighted by Gasteiger charge is 2.05. The van der Waals surface area contributed by atoms with Crippen molar-refractivity contribution in [3.8, 4) is 5.75 Å². The van der Waals surface area contributed by atoms with Crippen LogP contribution in [0.5, 0.6) is 5.75 Å². The fourth-order valence-electron chi connectivity index (χ4n) is 1.73. The van der Waals surface area contributed by atoms with E-state index in [1.807, 2.05) is 25.1 Å². The number of hydrogen-bond donors (Lipinski definition) is 1. The molecule has 0 saturated heterocycles. The van der Waals surface area contributed by atoms with Gasteiger partial charge in [-0.25, -0.2) is 0 Å². The summed E-state index contributed by atoms with van der Waals surface area (Å²) >= 11 is 11.0. The zero-order valence-electron chi connectivity index (χ0n) is 10.5. The standard InChI is InChI=1S/C15H14ClNOS/c1-10-3-2-4-11(7-10)9-18-14-6-5-12(15(17)19)8-13(14)16/h2-8H,9H2,1H3,(H2,17,19). The van der Waals surface area contributed by atoms with Crippen LogP contribution in [0.25, 0.3) is 0 Å². The van der Waals surface area contributed by atoms with E-state index in [9.17, 15) is 0 Å². The van der Waals surface area contributed by atoms with Crippen molar-refractivity contribution >= 4 is 28.8 Å². The number of benzene rings is 2. The molecule has 0 spiro atoms. The molecular weight excluding hydrogens is 278 g/mol. The van der Waals surface area contributed by atoms with Crippen molar-refractivity contribution in [3.05, 3.63) is 64.2 Å². The molecule has 0 aromatic heterocycles. The maximum atomic E-state index is 6.13. The van der Waals surface area contributed by atoms with Gasteiger partial charge in [0.1, 0.15) is 17.3 Å². The third kappa shape index (κ3) is 3.69. The second-order valence-corrected chi connectivity index (χ2v) is 5.13. The molecule has 0 aliphatic rings. The third-order valence-corrected chi connectivity index (χ3v) is 3.22. The van der Waals surface area contributed by atoms with Gasteiger partial charge in [0.15, 0.2) is 0 Å². The molecule has 2 aromatic rings. The highest BCUT2D eigenvalue weighted by Crippen LogP contribution is 2.26. The van der Waals surface area contributed by atoms with Gasteiger partial charge in [0.05, 0.1) is 5.02 Å². The lowest BCUT2D eigenvalue weighted by Gasteiger charge is -2.09. The van der Waals surface area contributed by atoms with Crippen molar-refractivity contribution in [2.24, 2.45) is 5.73 Å². The second kappa shape index (κ2) is 6.04. The van der Waals surface area contributed by atoms with Gasteiger partial charge in [-0.3, -0.25) is 0 Å². The summed E-state index contributed by atoms with van der Waals surface area (Å²) in [6, 6.07) is 13.5. The molecule has 0 heterocycles. The van der Waals surface area contributed by atoms with Crippen LogP contribution in [0.1, 0.15) is 16.7 Å². The molecule has 0 atom stereocenters. The molecule has 0 unspecified atom stereocenters. The van der Waals surface area contributed by atoms with Gasteiger partial charge in [-0.2, -0.15) is 0 Å². The zero-order valence-corrected chi connectivity index (χ0v) is 12.1. The minimum atomic E-state index is 0.326. The fraction of sp³-hybridized carbons (Fsp3) is 0.133. The molecule has 0 saturated carbocycles. The van der Waals surface area contributed by atoms with Crippen molar-refractivity contribution in [2.45, 2.75) is 13.5 Å². The monoisotopic (exact) mass is 291 g/mol. The van der Waals surface area contributed by atoms with Crippen LogP contribution in [-0.2, 0) is 6.61 Å². The van der Waals surface area contributed by atoms with E-state index < -0.39 is 0 Å². The van der Waals surface area contributed by atoms with Crippen LogP contribution in [0.4, 0.5) is 0 Å². The van der Waals surface area contributed by atoms with Gasteiger partial charge < -0.3 is 10.5 Å². The first-order valence-corrected chi connectivity index (χ1v) is 6.62. The largest absolute Gasteiger partial charge is 0.487 e. The fourth-order valence-corrected chi connectivity index (χ4v) is 2.10. The van der Waals surface area contributed by atoms with E-state index >= 15 is 0 Å². The number of aryl methyl sites for hydroxylation is 1. The van der Waals surface area contributed by atoms with Gasteiger partial charge >= 0.3 is 0 Å². The van der Waals surface area contributed by atoms with E-state index in [-0.39, 0.29) is 0 Å². The lowest BCUT2D eigenvalue weighted by Crippen LogP contribution is -2.09. The summed E-state index contributed by atoms with van der Waals surface area (Å²) in [5.41, 5.74) is 8.60. The third-order valence-electron chi connectivity index (χ3n) is 2.69. The second-order valence-electron chi connectivity index (χ2n) is 4.29. The van der Waals surface area contributed by atoms with E-state index in [2.05, 4.69) is 6.07 Å². The van der Waals surface area contributed by atoms with Crippen LogP contribution >= 0.6 is 23.8 Å². The van der Waals surface area contributed by atoms with Crippen molar-refractivity contribution in [1.82, 2.24) is 0 Å². The molecule has 4 heteroatoms. The SMILES string of the molecule is Cc1cccc(COc2ccc(C(N)=S)cc2Cl)c1. The number of nitrogens with two attached hydrogens (primary N) is 1. The molecular formula is C15H14ClNOS. The number of ether oxygens (including phenoxy) is 1. The van der Waals surface area contributed by atoms with Gasteiger partial charge in [-0.05, 0) is 30.7 Å². The molecule has 0 amide bonds. The molecule has 0 fully saturated rings. The van der Waals surface area contributed by atoms with Crippen LogP contribution in [0.15, 0.2) is 42.5 Å². The molecule has 2 nitrogen and oxygen atoms in total. The molecule has 0 bridgehead atoms. The van der Waals surface area contributed by atoms with Gasteiger partial charge in [0.2, 0.25) is 0 Å². The van der Waals surface area contributed by atoms with Gasteiger partial charge in [0.25, 0.3) is 0 Å². The summed E-state index contributed by atoms with van der Waals surface area (Å²) < 4.78 is 5.70. The van der Waals surface area contributed by atoms with Crippen molar-refractivity contribution in [1.29, 1.82) is 0 Å². The first-order chi connectivity index (χ1) is 9.06. The molecule has 98 valence electrons. The number of rotatable bonds is 4. The Hall–Kier alpha value is -1.58. The Morgan fingerprint density at radius 1 is 1.26 bits per heavy atom. The summed E-state index contributed by atoms with van der Waals surface area (Å²) in [6.07, 6.45) is 0. The minimum Gasteiger partial charge on any atom is -0.487 e. The minimum absolute atomic E-state index is 0.326. The molecule has 2 rings (SSSR count). The normalized spacial score (nSPS) is 10.2. The van der Waals surface area contributed by atoms with Crippen molar-refractivity contribution < 1.29 is 4.74 Å². The first kappa shape index (κ1) is 13.8. The van der Waals surface area contributed by atoms with Crippen LogP contribution in [0, 0.1) is 6.92 Å². The summed E-state index contributed by atoms with van der Waals surface area (Å²) in [4.78, 5) is 0.326. The highest BCUT2D eigenvalue weighted by atomic mass is 35.5. The quantitative estimate of drug-likeness (QED) is 0.869. The smallest absolute Gasteiger partial charge is 0.138 e. The molecule has 19 heavy (non-hydrogen) atoms. The lowest BCUT2D eigenvalue weighted by atomic mass is 10.1. The Morgan fingerprint density at radius 3 is 2.68 bits per heavy atom. The van der Waals surface area contributed by atoms with Gasteiger partial charge in [-0.15, -0.1) is 0 Å². The summed E-state index contributed by atoms with van der Waals surface area (Å²) in [5.74, 6) is 0.628. The summed E-state index contributed by atoms with van der Waals surface area (Å²) in [5, 5.41) is 0.512. The van der Waals surface area contributed by atoms with Crippen LogP contribution < -0.4 is 10.5 Å². The number of halogens is 1. The van der Waals surface area contributed by atoms with Crippen LogP contribution in [0.2, 0.25) is 5.02 Å². The molecule has 0 aliphatic heterocycles. The van der Waals surface area contributed by atoms with E-state index in [1.165, 1.54) is 5.56 Å². The Bertz CT molecular complexity index is 613. The van der Waals surface area contributed by atoms with Crippen molar-refractivity contribution in [2.75, 3.05) is 0 Å². The lowest BCUT2D eigenvalue weighted by molar-refractivity contribution is 0.306. The maximum absolute atomic E-state index is 6.13. The van der Waals surface area contributed by atoms with Crippen molar-refractivity contribution in [3.63, 3.8) is 0 Å². The van der Waals surface area contributed by atoms with E-state index in [0.717, 1.165) is 11.1 Å². The highest BCUT2D eigenvalue weighted by molar-refractivity contribution is 7.80. The Kier molecular flexibility index (Phi) is 4.40. The topological polar surface area (TPSA) is 35.2 Å². The summed E-state index contributed by atoms with van der Waals surface area (Å²) in [6.45, 7) is 2.53.